The summed E-state index contributed by atoms with van der Waals surface area (Å²) in [5.74, 6) is 0.304. The van der Waals surface area contributed by atoms with E-state index in [0.29, 0.717) is 12.5 Å². The Hall–Kier alpha value is -0.983. The Balaban J connectivity index is 2.74. The van der Waals surface area contributed by atoms with Crippen LogP contribution < -0.4 is 5.73 Å². The Morgan fingerprint density at radius 1 is 1.19 bits per heavy atom. The second-order valence-corrected chi connectivity index (χ2v) is 11.3. The molecule has 0 saturated carbocycles. The third-order valence-corrected chi connectivity index (χ3v) is 11.2. The summed E-state index contributed by atoms with van der Waals surface area (Å²) in [6.45, 7) is 7.01. The molecule has 1 heterocycles. The van der Waals surface area contributed by atoms with Crippen molar-refractivity contribution in [3.63, 3.8) is 0 Å². The Morgan fingerprint density at radius 3 is 2.33 bits per heavy atom. The lowest BCUT2D eigenvalue weighted by molar-refractivity contribution is -0.127. The minimum Gasteiger partial charge on any atom is -0.396 e. The monoisotopic (exact) mass is 391 g/mol. The summed E-state index contributed by atoms with van der Waals surface area (Å²) < 4.78 is 19.0. The minimum absolute atomic E-state index is 0.202. The van der Waals surface area contributed by atoms with Crippen LogP contribution in [0.2, 0.25) is 6.04 Å². The summed E-state index contributed by atoms with van der Waals surface area (Å²) in [5, 5.41) is -0.482. The Morgan fingerprint density at radius 2 is 1.85 bits per heavy atom. The van der Waals surface area contributed by atoms with E-state index in [-0.39, 0.29) is 5.41 Å². The quantitative estimate of drug-likeness (QED) is 0.479. The summed E-state index contributed by atoms with van der Waals surface area (Å²) in [7, 11) is 2.78. The molecule has 3 unspecified atom stereocenters. The van der Waals surface area contributed by atoms with Crippen molar-refractivity contribution < 1.29 is 13.6 Å². The highest BCUT2D eigenvalue weighted by Gasteiger charge is 2.71. The van der Waals surface area contributed by atoms with Crippen LogP contribution in [0.4, 0.5) is 0 Å². The Kier molecular flexibility index (Phi) is 7.83. The van der Waals surface area contributed by atoms with E-state index in [9.17, 15) is 0 Å². The number of allylic oxidation sites excluding steroid dienone is 1. The van der Waals surface area contributed by atoms with Gasteiger partial charge in [0.1, 0.15) is 5.22 Å². The standard InChI is InChI=1S/C22H37NO3Si/c1-6-14-22(24-3)21(15-16-23,18-19-11-9-8-10-12-19)20(7-2)13-17-27(22,25-4)26-5/h7-12,20H,2,6,13-18,23H2,1,3-5H3. The Labute approximate surface area is 166 Å². The molecule has 2 rings (SSSR count). The molecule has 0 amide bonds. The summed E-state index contributed by atoms with van der Waals surface area (Å²) in [4.78, 5) is 0. The van der Waals surface area contributed by atoms with Crippen LogP contribution in [-0.4, -0.2) is 41.7 Å². The van der Waals surface area contributed by atoms with E-state index in [1.165, 1.54) is 5.56 Å². The zero-order valence-corrected chi connectivity index (χ0v) is 18.5. The maximum Gasteiger partial charge on any atom is 0.371 e. The summed E-state index contributed by atoms with van der Waals surface area (Å²) in [6, 6.07) is 11.6. The van der Waals surface area contributed by atoms with Crippen molar-refractivity contribution in [2.75, 3.05) is 27.9 Å². The van der Waals surface area contributed by atoms with E-state index >= 15 is 0 Å². The van der Waals surface area contributed by atoms with Gasteiger partial charge in [0.25, 0.3) is 0 Å². The molecule has 152 valence electrons. The fourth-order valence-corrected chi connectivity index (χ4v) is 10.1. The van der Waals surface area contributed by atoms with Gasteiger partial charge in [-0.15, -0.1) is 6.58 Å². The smallest absolute Gasteiger partial charge is 0.371 e. The number of hydrogen-bond donors (Lipinski definition) is 1. The highest BCUT2D eigenvalue weighted by atomic mass is 28.4. The van der Waals surface area contributed by atoms with Gasteiger partial charge in [-0.1, -0.05) is 49.8 Å². The highest BCUT2D eigenvalue weighted by molar-refractivity contribution is 6.71. The second kappa shape index (κ2) is 9.48. The van der Waals surface area contributed by atoms with E-state index in [0.717, 1.165) is 38.1 Å². The molecule has 0 radical (unpaired) electrons. The van der Waals surface area contributed by atoms with Crippen LogP contribution in [0.3, 0.4) is 0 Å². The maximum atomic E-state index is 6.50. The van der Waals surface area contributed by atoms with E-state index in [4.69, 9.17) is 19.3 Å². The normalized spacial score (nSPS) is 30.2. The van der Waals surface area contributed by atoms with Crippen molar-refractivity contribution in [1.82, 2.24) is 0 Å². The van der Waals surface area contributed by atoms with E-state index < -0.39 is 13.8 Å². The number of rotatable bonds is 10. The topological polar surface area (TPSA) is 53.7 Å². The molecule has 1 saturated heterocycles. The van der Waals surface area contributed by atoms with Crippen LogP contribution in [0.1, 0.15) is 38.2 Å². The molecular weight excluding hydrogens is 354 g/mol. The van der Waals surface area contributed by atoms with Crippen molar-refractivity contribution in [3.05, 3.63) is 48.6 Å². The van der Waals surface area contributed by atoms with Gasteiger partial charge < -0.3 is 19.3 Å². The van der Waals surface area contributed by atoms with Gasteiger partial charge >= 0.3 is 8.56 Å². The van der Waals surface area contributed by atoms with Crippen LogP contribution in [-0.2, 0) is 20.0 Å². The van der Waals surface area contributed by atoms with Gasteiger partial charge in [-0.05, 0) is 49.8 Å². The molecule has 0 bridgehead atoms. The fourth-order valence-electron chi connectivity index (χ4n) is 5.68. The molecule has 0 aromatic heterocycles. The summed E-state index contributed by atoms with van der Waals surface area (Å²) in [6.07, 6.45) is 6.75. The van der Waals surface area contributed by atoms with Gasteiger partial charge in [-0.3, -0.25) is 0 Å². The molecule has 0 aliphatic carbocycles. The van der Waals surface area contributed by atoms with Crippen molar-refractivity contribution in [2.24, 2.45) is 17.1 Å². The van der Waals surface area contributed by atoms with Crippen molar-refractivity contribution >= 4 is 8.56 Å². The molecule has 0 spiro atoms. The van der Waals surface area contributed by atoms with E-state index in [1.54, 1.807) is 14.2 Å². The zero-order chi connectivity index (χ0) is 20.0. The molecule has 2 N–H and O–H groups in total. The largest absolute Gasteiger partial charge is 0.396 e. The first-order chi connectivity index (χ1) is 13.0. The van der Waals surface area contributed by atoms with Crippen LogP contribution in [0, 0.1) is 11.3 Å². The van der Waals surface area contributed by atoms with E-state index in [1.807, 2.05) is 7.11 Å². The summed E-state index contributed by atoms with van der Waals surface area (Å²) in [5.41, 5.74) is 7.30. The minimum atomic E-state index is -2.64. The zero-order valence-electron chi connectivity index (χ0n) is 17.5. The number of benzene rings is 1. The van der Waals surface area contributed by atoms with Crippen molar-refractivity contribution in [3.8, 4) is 0 Å². The molecule has 5 heteroatoms. The molecule has 1 aliphatic heterocycles. The van der Waals surface area contributed by atoms with Gasteiger partial charge in [0.2, 0.25) is 0 Å². The van der Waals surface area contributed by atoms with Crippen LogP contribution in [0.15, 0.2) is 43.0 Å². The summed E-state index contributed by atoms with van der Waals surface area (Å²) >= 11 is 0. The fraction of sp³-hybridized carbons (Fsp3) is 0.636. The third kappa shape index (κ3) is 3.56. The molecule has 1 aliphatic rings. The maximum absolute atomic E-state index is 6.50. The number of ether oxygens (including phenoxy) is 1. The van der Waals surface area contributed by atoms with Crippen LogP contribution >= 0.6 is 0 Å². The van der Waals surface area contributed by atoms with Gasteiger partial charge in [-0.25, -0.2) is 0 Å². The highest BCUT2D eigenvalue weighted by Crippen LogP contribution is 2.59. The lowest BCUT2D eigenvalue weighted by Crippen LogP contribution is -2.75. The first-order valence-corrected chi connectivity index (χ1v) is 12.1. The molecule has 4 nitrogen and oxygen atoms in total. The first-order valence-electron chi connectivity index (χ1n) is 10.1. The van der Waals surface area contributed by atoms with Gasteiger partial charge in [-0.2, -0.15) is 0 Å². The van der Waals surface area contributed by atoms with Gasteiger partial charge in [0.05, 0.1) is 0 Å². The predicted molar refractivity (Wildman–Crippen MR) is 114 cm³/mol. The molecule has 1 aromatic carbocycles. The molecule has 27 heavy (non-hydrogen) atoms. The number of hydrogen-bond acceptors (Lipinski definition) is 4. The first kappa shape index (κ1) is 22.3. The van der Waals surface area contributed by atoms with Gasteiger partial charge in [0.15, 0.2) is 0 Å². The van der Waals surface area contributed by atoms with Crippen LogP contribution in [0.25, 0.3) is 0 Å². The number of nitrogens with two attached hydrogens (primary N) is 1. The predicted octanol–water partition coefficient (Wildman–Crippen LogP) is 4.23. The van der Waals surface area contributed by atoms with Gasteiger partial charge in [0, 0.05) is 26.7 Å². The molecule has 1 aromatic rings. The third-order valence-electron chi connectivity index (χ3n) is 6.76. The second-order valence-electron chi connectivity index (χ2n) is 7.68. The lowest BCUT2D eigenvalue weighted by atomic mass is 9.62. The average molecular weight is 392 g/mol. The average Bonchev–Trinajstić information content (AvgIpc) is 2.70. The van der Waals surface area contributed by atoms with Crippen molar-refractivity contribution in [2.45, 2.75) is 50.3 Å². The lowest BCUT2D eigenvalue weighted by Gasteiger charge is -2.62. The Bertz CT molecular complexity index is 592. The number of methoxy groups -OCH3 is 1. The molecular formula is C22H37NO3Si. The molecule has 1 fully saturated rings. The van der Waals surface area contributed by atoms with E-state index in [2.05, 4.69) is 49.9 Å². The van der Waals surface area contributed by atoms with Crippen molar-refractivity contribution in [1.29, 1.82) is 0 Å². The van der Waals surface area contributed by atoms with Crippen LogP contribution in [0.5, 0.6) is 0 Å². The molecule has 3 atom stereocenters. The SMILES string of the molecule is C=CC1CC[Si](OC)(OC)C(CCC)(OC)C1(CCN)Cc1ccccc1.